The molecular weight excluding hydrogens is 395 g/mol. The van der Waals surface area contributed by atoms with Gasteiger partial charge in [-0.15, -0.1) is 0 Å². The van der Waals surface area contributed by atoms with Crippen LogP contribution in [0.5, 0.6) is 5.75 Å². The number of benzene rings is 2. The molecule has 0 fully saturated rings. The van der Waals surface area contributed by atoms with Crippen molar-refractivity contribution in [1.82, 2.24) is 15.1 Å². The van der Waals surface area contributed by atoms with Crippen LogP contribution in [0.3, 0.4) is 0 Å². The molecule has 0 unspecified atom stereocenters. The number of rotatable bonds is 6. The summed E-state index contributed by atoms with van der Waals surface area (Å²) in [5, 5.41) is 6.94. The third-order valence-electron chi connectivity index (χ3n) is 3.82. The highest BCUT2D eigenvalue weighted by molar-refractivity contribution is 6.32. The smallest absolute Gasteiger partial charge is 0.416 e. The van der Waals surface area contributed by atoms with E-state index < -0.39 is 17.6 Å². The van der Waals surface area contributed by atoms with Crippen molar-refractivity contribution in [3.8, 4) is 5.75 Å². The van der Waals surface area contributed by atoms with Crippen molar-refractivity contribution >= 4 is 17.5 Å². The van der Waals surface area contributed by atoms with E-state index in [1.165, 1.54) is 35.1 Å². The average molecular weight is 410 g/mol. The highest BCUT2D eigenvalue weighted by Crippen LogP contribution is 2.31. The molecule has 0 aliphatic rings. The number of nitrogens with one attached hydrogen (secondary N) is 1. The average Bonchev–Trinajstić information content (AvgIpc) is 3.14. The van der Waals surface area contributed by atoms with Gasteiger partial charge in [-0.25, -0.2) is 4.68 Å². The maximum absolute atomic E-state index is 13.0. The minimum absolute atomic E-state index is 0.0217. The Balaban J connectivity index is 1.60. The first-order valence-electron chi connectivity index (χ1n) is 8.18. The Labute approximate surface area is 163 Å². The van der Waals surface area contributed by atoms with E-state index in [1.807, 2.05) is 0 Å². The first kappa shape index (κ1) is 19.8. The summed E-state index contributed by atoms with van der Waals surface area (Å²) in [6, 6.07) is 13.4. The molecule has 3 aromatic rings. The van der Waals surface area contributed by atoms with Crippen molar-refractivity contribution < 1.29 is 22.7 Å². The molecule has 3 rings (SSSR count). The first-order valence-corrected chi connectivity index (χ1v) is 8.56. The van der Waals surface area contributed by atoms with E-state index in [1.54, 1.807) is 24.3 Å². The van der Waals surface area contributed by atoms with Crippen LogP contribution < -0.4 is 10.1 Å². The van der Waals surface area contributed by atoms with Gasteiger partial charge in [-0.05, 0) is 29.8 Å². The fraction of sp³-hybridized carbons (Fsp3) is 0.158. The van der Waals surface area contributed by atoms with Gasteiger partial charge in [0.2, 0.25) is 0 Å². The largest absolute Gasteiger partial charge is 0.470 e. The number of hydrogen-bond acceptors (Lipinski definition) is 3. The van der Waals surface area contributed by atoms with Crippen molar-refractivity contribution in [3.05, 3.63) is 82.6 Å². The van der Waals surface area contributed by atoms with Crippen LogP contribution in [0, 0.1) is 0 Å². The van der Waals surface area contributed by atoms with E-state index in [4.69, 9.17) is 16.3 Å². The third kappa shape index (κ3) is 4.83. The molecule has 5 nitrogen and oxygen atoms in total. The number of amides is 1. The second kappa shape index (κ2) is 8.35. The lowest BCUT2D eigenvalue weighted by molar-refractivity contribution is -0.138. The SMILES string of the molecule is O=C(NCc1ccccc1C(F)(F)F)c1ccn(COc2ccccc2Cl)n1. The molecule has 0 radical (unpaired) electrons. The highest BCUT2D eigenvalue weighted by Gasteiger charge is 2.32. The zero-order chi connectivity index (χ0) is 20.1. The minimum Gasteiger partial charge on any atom is -0.470 e. The van der Waals surface area contributed by atoms with Gasteiger partial charge in [0.15, 0.2) is 6.73 Å². The van der Waals surface area contributed by atoms with Crippen LogP contribution in [-0.2, 0) is 19.5 Å². The van der Waals surface area contributed by atoms with E-state index in [0.717, 1.165) is 6.07 Å². The van der Waals surface area contributed by atoms with Crippen LogP contribution in [0.1, 0.15) is 21.6 Å². The van der Waals surface area contributed by atoms with Gasteiger partial charge < -0.3 is 10.1 Å². The topological polar surface area (TPSA) is 56.2 Å². The lowest BCUT2D eigenvalue weighted by atomic mass is 10.1. The second-order valence-corrected chi connectivity index (χ2v) is 6.19. The fourth-order valence-corrected chi connectivity index (χ4v) is 2.66. The van der Waals surface area contributed by atoms with E-state index in [9.17, 15) is 18.0 Å². The summed E-state index contributed by atoms with van der Waals surface area (Å²) >= 11 is 5.99. The number of aromatic nitrogens is 2. The summed E-state index contributed by atoms with van der Waals surface area (Å²) in [6.07, 6.45) is -2.96. The molecule has 1 amide bonds. The zero-order valence-electron chi connectivity index (χ0n) is 14.4. The summed E-state index contributed by atoms with van der Waals surface area (Å²) in [6.45, 7) is -0.245. The molecule has 1 N–H and O–H groups in total. The standard InChI is InChI=1S/C19H15ClF3N3O2/c20-15-7-3-4-8-17(15)28-12-26-10-9-16(25-26)18(27)24-11-13-5-1-2-6-14(13)19(21,22)23/h1-10H,11-12H2,(H,24,27). The Morgan fingerprint density at radius 3 is 2.57 bits per heavy atom. The van der Waals surface area contributed by atoms with E-state index in [0.29, 0.717) is 10.8 Å². The lowest BCUT2D eigenvalue weighted by Crippen LogP contribution is -2.25. The van der Waals surface area contributed by atoms with Crippen LogP contribution in [0.4, 0.5) is 13.2 Å². The molecule has 0 aliphatic heterocycles. The zero-order valence-corrected chi connectivity index (χ0v) is 15.2. The molecular formula is C19H15ClF3N3O2. The molecule has 0 saturated carbocycles. The minimum atomic E-state index is -4.49. The first-order chi connectivity index (χ1) is 13.3. The van der Waals surface area contributed by atoms with Gasteiger partial charge in [0, 0.05) is 12.7 Å². The Morgan fingerprint density at radius 1 is 1.11 bits per heavy atom. The van der Waals surface area contributed by atoms with Crippen LogP contribution >= 0.6 is 11.6 Å². The monoisotopic (exact) mass is 409 g/mol. The Kier molecular flexibility index (Phi) is 5.89. The molecule has 0 aliphatic carbocycles. The Morgan fingerprint density at radius 2 is 1.82 bits per heavy atom. The summed E-state index contributed by atoms with van der Waals surface area (Å²) in [4.78, 5) is 12.2. The molecule has 28 heavy (non-hydrogen) atoms. The summed E-state index contributed by atoms with van der Waals surface area (Å²) < 4.78 is 45.9. The third-order valence-corrected chi connectivity index (χ3v) is 4.14. The van der Waals surface area contributed by atoms with Gasteiger partial charge >= 0.3 is 6.18 Å². The van der Waals surface area contributed by atoms with Crippen molar-refractivity contribution in [2.45, 2.75) is 19.5 Å². The van der Waals surface area contributed by atoms with Gasteiger partial charge in [-0.1, -0.05) is 41.9 Å². The van der Waals surface area contributed by atoms with E-state index >= 15 is 0 Å². The Hall–Kier alpha value is -3.00. The predicted octanol–water partition coefficient (Wildman–Crippen LogP) is 4.52. The number of ether oxygens (including phenoxy) is 1. The number of carbonyl (C=O) groups excluding carboxylic acids is 1. The number of hydrogen-bond donors (Lipinski definition) is 1. The Bertz CT molecular complexity index is 973. The van der Waals surface area contributed by atoms with Crippen molar-refractivity contribution in [3.63, 3.8) is 0 Å². The van der Waals surface area contributed by atoms with Crippen LogP contribution in [0.15, 0.2) is 60.8 Å². The van der Waals surface area contributed by atoms with Gasteiger partial charge in [-0.3, -0.25) is 4.79 Å². The van der Waals surface area contributed by atoms with Crippen LogP contribution in [0.2, 0.25) is 5.02 Å². The lowest BCUT2D eigenvalue weighted by Gasteiger charge is -2.12. The molecule has 146 valence electrons. The van der Waals surface area contributed by atoms with Gasteiger partial charge in [0.05, 0.1) is 10.6 Å². The maximum atomic E-state index is 13.0. The number of carbonyl (C=O) groups is 1. The molecule has 0 bridgehead atoms. The summed E-state index contributed by atoms with van der Waals surface area (Å²) in [7, 11) is 0. The molecule has 1 aromatic heterocycles. The van der Waals surface area contributed by atoms with Crippen molar-refractivity contribution in [2.75, 3.05) is 0 Å². The van der Waals surface area contributed by atoms with Gasteiger partial charge in [0.1, 0.15) is 11.4 Å². The molecule has 0 atom stereocenters. The number of halogens is 4. The maximum Gasteiger partial charge on any atom is 0.416 e. The fourth-order valence-electron chi connectivity index (χ4n) is 2.47. The second-order valence-electron chi connectivity index (χ2n) is 5.78. The molecule has 0 spiro atoms. The van der Waals surface area contributed by atoms with E-state index in [-0.39, 0.29) is 24.5 Å². The molecule has 9 heteroatoms. The van der Waals surface area contributed by atoms with E-state index in [2.05, 4.69) is 10.4 Å². The van der Waals surface area contributed by atoms with Crippen LogP contribution in [0.25, 0.3) is 0 Å². The normalized spacial score (nSPS) is 11.3. The number of nitrogens with zero attached hydrogens (tertiary/aromatic N) is 2. The van der Waals surface area contributed by atoms with Gasteiger partial charge in [-0.2, -0.15) is 18.3 Å². The molecule has 0 saturated heterocycles. The number of para-hydroxylation sites is 1. The molecule has 1 heterocycles. The molecule has 2 aromatic carbocycles. The predicted molar refractivity (Wildman–Crippen MR) is 96.9 cm³/mol. The summed E-state index contributed by atoms with van der Waals surface area (Å²) in [5.41, 5.74) is -0.744. The van der Waals surface area contributed by atoms with Crippen molar-refractivity contribution in [1.29, 1.82) is 0 Å². The summed E-state index contributed by atoms with van der Waals surface area (Å²) in [5.74, 6) is -0.122. The van der Waals surface area contributed by atoms with Crippen LogP contribution in [-0.4, -0.2) is 15.7 Å². The van der Waals surface area contributed by atoms with Gasteiger partial charge in [0.25, 0.3) is 5.91 Å². The highest BCUT2D eigenvalue weighted by atomic mass is 35.5. The quantitative estimate of drug-likeness (QED) is 0.651. The number of alkyl halides is 3. The van der Waals surface area contributed by atoms with Crippen molar-refractivity contribution in [2.24, 2.45) is 0 Å².